The van der Waals surface area contributed by atoms with Gasteiger partial charge in [-0.1, -0.05) is 11.6 Å². The number of pyridine rings is 1. The van der Waals surface area contributed by atoms with Crippen molar-refractivity contribution in [3.8, 4) is 0 Å². The third kappa shape index (κ3) is 2.63. The molecule has 1 aromatic heterocycles. The number of aromatic nitrogens is 1. The van der Waals surface area contributed by atoms with Gasteiger partial charge in [0.15, 0.2) is 0 Å². The summed E-state index contributed by atoms with van der Waals surface area (Å²) < 4.78 is 24.6. The van der Waals surface area contributed by atoms with Crippen molar-refractivity contribution < 1.29 is 8.42 Å². The molecule has 0 saturated heterocycles. The van der Waals surface area contributed by atoms with E-state index < -0.39 is 19.4 Å². The summed E-state index contributed by atoms with van der Waals surface area (Å²) in [6, 6.07) is 4.76. The molecule has 0 atom stereocenters. The Bertz CT molecular complexity index is 810. The first-order chi connectivity index (χ1) is 8.71. The van der Waals surface area contributed by atoms with Crippen molar-refractivity contribution in [1.29, 1.82) is 0 Å². The Morgan fingerprint density at radius 2 is 1.89 bits per heavy atom. The fourth-order valence-corrected chi connectivity index (χ4v) is 2.98. The van der Waals surface area contributed by atoms with Crippen LogP contribution in [0.3, 0.4) is 0 Å². The van der Waals surface area contributed by atoms with E-state index in [0.29, 0.717) is 10.5 Å². The minimum Gasteiger partial charge on any atom is -0.343 e. The summed E-state index contributed by atoms with van der Waals surface area (Å²) in [6.45, 7) is 3.76. The molecular formula is C12H11Cl2NO3S. The van der Waals surface area contributed by atoms with Gasteiger partial charge in [0, 0.05) is 33.3 Å². The highest BCUT2D eigenvalue weighted by molar-refractivity contribution is 8.13. The molecule has 4 nitrogen and oxygen atoms in total. The molecule has 0 N–H and O–H groups in total. The van der Waals surface area contributed by atoms with Crippen LogP contribution >= 0.6 is 22.3 Å². The highest BCUT2D eigenvalue weighted by Gasteiger charge is 2.20. The van der Waals surface area contributed by atoms with E-state index in [4.69, 9.17) is 22.3 Å². The van der Waals surface area contributed by atoms with Gasteiger partial charge in [-0.15, -0.1) is 0 Å². The summed E-state index contributed by atoms with van der Waals surface area (Å²) in [4.78, 5) is 11.7. The fourth-order valence-electron chi connectivity index (χ4n) is 1.90. The second-order valence-corrected chi connectivity index (χ2v) is 7.39. The van der Waals surface area contributed by atoms with Gasteiger partial charge in [-0.25, -0.2) is 8.42 Å². The van der Waals surface area contributed by atoms with Crippen molar-refractivity contribution in [3.05, 3.63) is 39.6 Å². The van der Waals surface area contributed by atoms with Crippen LogP contribution in [0, 0.1) is 0 Å². The predicted molar refractivity (Wildman–Crippen MR) is 76.6 cm³/mol. The first kappa shape index (κ1) is 14.4. The Morgan fingerprint density at radius 1 is 1.26 bits per heavy atom. The van der Waals surface area contributed by atoms with Crippen LogP contribution in [0.1, 0.15) is 19.9 Å². The minimum atomic E-state index is -4.10. The molecule has 0 bridgehead atoms. The molecule has 19 heavy (non-hydrogen) atoms. The van der Waals surface area contributed by atoms with Crippen LogP contribution in [-0.4, -0.2) is 13.0 Å². The van der Waals surface area contributed by atoms with Crippen LogP contribution in [0.15, 0.2) is 34.1 Å². The third-order valence-corrected chi connectivity index (χ3v) is 4.33. The summed E-state index contributed by atoms with van der Waals surface area (Å²) in [6.07, 6.45) is 1.27. The van der Waals surface area contributed by atoms with Crippen LogP contribution in [0.5, 0.6) is 0 Å². The Hall–Kier alpha value is -1.04. The smallest absolute Gasteiger partial charge is 0.266 e. The zero-order chi connectivity index (χ0) is 14.4. The maximum Gasteiger partial charge on any atom is 0.266 e. The normalized spacial score (nSPS) is 12.3. The zero-order valence-electron chi connectivity index (χ0n) is 10.2. The molecule has 0 spiro atoms. The van der Waals surface area contributed by atoms with Gasteiger partial charge < -0.3 is 4.57 Å². The minimum absolute atomic E-state index is 0.0264. The zero-order valence-corrected chi connectivity index (χ0v) is 12.6. The number of fused-ring (bicyclic) bond motifs is 1. The fraction of sp³-hybridized carbons (Fsp3) is 0.250. The second kappa shape index (κ2) is 4.81. The maximum absolute atomic E-state index is 12.2. The van der Waals surface area contributed by atoms with Crippen molar-refractivity contribution in [1.82, 2.24) is 4.57 Å². The van der Waals surface area contributed by atoms with Gasteiger partial charge in [0.05, 0.1) is 5.52 Å². The Balaban J connectivity index is 3.04. The van der Waals surface area contributed by atoms with Crippen LogP contribution in [0.2, 0.25) is 5.02 Å². The van der Waals surface area contributed by atoms with Crippen molar-refractivity contribution >= 4 is 42.2 Å². The van der Waals surface area contributed by atoms with Gasteiger partial charge in [0.2, 0.25) is 5.43 Å². The second-order valence-electron chi connectivity index (χ2n) is 4.42. The van der Waals surface area contributed by atoms with E-state index in [2.05, 4.69) is 0 Å². The average Bonchev–Trinajstić information content (AvgIpc) is 2.28. The number of rotatable bonds is 2. The molecule has 0 aliphatic carbocycles. The van der Waals surface area contributed by atoms with Crippen LogP contribution in [0.4, 0.5) is 0 Å². The van der Waals surface area contributed by atoms with E-state index in [-0.39, 0.29) is 11.4 Å². The van der Waals surface area contributed by atoms with E-state index in [1.54, 1.807) is 16.7 Å². The summed E-state index contributed by atoms with van der Waals surface area (Å²) in [7, 11) is 1.21. The lowest BCUT2D eigenvalue weighted by Gasteiger charge is -2.16. The van der Waals surface area contributed by atoms with Crippen molar-refractivity contribution in [2.45, 2.75) is 24.8 Å². The molecule has 0 unspecified atom stereocenters. The maximum atomic E-state index is 12.2. The SMILES string of the molecule is CC(C)n1cc(S(=O)(=O)Cl)c(=O)c2cc(Cl)ccc21. The van der Waals surface area contributed by atoms with Crippen molar-refractivity contribution in [2.24, 2.45) is 0 Å². The van der Waals surface area contributed by atoms with Crippen molar-refractivity contribution in [2.75, 3.05) is 0 Å². The highest BCUT2D eigenvalue weighted by Crippen LogP contribution is 2.23. The highest BCUT2D eigenvalue weighted by atomic mass is 35.7. The van der Waals surface area contributed by atoms with Gasteiger partial charge in [-0.2, -0.15) is 0 Å². The van der Waals surface area contributed by atoms with E-state index in [1.807, 2.05) is 13.8 Å². The summed E-state index contributed by atoms with van der Waals surface area (Å²) in [5.74, 6) is 0. The molecule has 0 aliphatic rings. The van der Waals surface area contributed by atoms with E-state index in [0.717, 1.165) is 0 Å². The monoisotopic (exact) mass is 319 g/mol. The van der Waals surface area contributed by atoms with Gasteiger partial charge in [0.1, 0.15) is 4.90 Å². The number of benzene rings is 1. The standard InChI is InChI=1S/C12H11Cl2NO3S/c1-7(2)15-6-11(19(14,17)18)12(16)9-5-8(13)3-4-10(9)15/h3-7H,1-2H3. The molecule has 2 rings (SSSR count). The molecule has 0 radical (unpaired) electrons. The van der Waals surface area contributed by atoms with Gasteiger partial charge in [0.25, 0.3) is 9.05 Å². The van der Waals surface area contributed by atoms with Gasteiger partial charge in [-0.3, -0.25) is 4.79 Å². The molecule has 1 heterocycles. The number of nitrogens with zero attached hydrogens (tertiary/aromatic N) is 1. The lowest BCUT2D eigenvalue weighted by molar-refractivity contribution is 0.595. The van der Waals surface area contributed by atoms with Gasteiger partial charge in [-0.05, 0) is 32.0 Å². The predicted octanol–water partition coefficient (Wildman–Crippen LogP) is 3.16. The summed E-state index contributed by atoms with van der Waals surface area (Å²) in [5, 5.41) is 0.604. The molecule has 0 amide bonds. The molecular weight excluding hydrogens is 309 g/mol. The van der Waals surface area contributed by atoms with Gasteiger partial charge >= 0.3 is 0 Å². The molecule has 0 fully saturated rings. The van der Waals surface area contributed by atoms with E-state index in [1.165, 1.54) is 12.3 Å². The van der Waals surface area contributed by atoms with Crippen molar-refractivity contribution in [3.63, 3.8) is 0 Å². The topological polar surface area (TPSA) is 56.1 Å². The molecule has 102 valence electrons. The Kier molecular flexibility index (Phi) is 3.64. The van der Waals surface area contributed by atoms with Crippen LogP contribution < -0.4 is 5.43 Å². The summed E-state index contributed by atoms with van der Waals surface area (Å²) >= 11 is 5.86. The third-order valence-electron chi connectivity index (χ3n) is 2.78. The molecule has 2 aromatic rings. The lowest BCUT2D eigenvalue weighted by Crippen LogP contribution is -2.17. The average molecular weight is 320 g/mol. The first-order valence-corrected chi connectivity index (χ1v) is 8.19. The largest absolute Gasteiger partial charge is 0.343 e. The number of hydrogen-bond donors (Lipinski definition) is 0. The quantitative estimate of drug-likeness (QED) is 0.799. The molecule has 7 heteroatoms. The molecule has 1 aromatic carbocycles. The van der Waals surface area contributed by atoms with E-state index >= 15 is 0 Å². The lowest BCUT2D eigenvalue weighted by atomic mass is 10.2. The summed E-state index contributed by atoms with van der Waals surface area (Å²) in [5.41, 5.74) is -0.0159. The van der Waals surface area contributed by atoms with Crippen LogP contribution in [-0.2, 0) is 9.05 Å². The Labute approximate surface area is 120 Å². The van der Waals surface area contributed by atoms with Crippen LogP contribution in [0.25, 0.3) is 10.9 Å². The van der Waals surface area contributed by atoms with E-state index in [9.17, 15) is 13.2 Å². The number of hydrogen-bond acceptors (Lipinski definition) is 3. The Morgan fingerprint density at radius 3 is 2.42 bits per heavy atom. The molecule has 0 aliphatic heterocycles. The first-order valence-electron chi connectivity index (χ1n) is 5.51. The number of halogens is 2. The molecule has 0 saturated carbocycles.